The lowest BCUT2D eigenvalue weighted by molar-refractivity contribution is 0.374. The summed E-state index contributed by atoms with van der Waals surface area (Å²) in [6.07, 6.45) is 0. The minimum absolute atomic E-state index is 0.283. The maximum atomic E-state index is 9.08. The summed E-state index contributed by atoms with van der Waals surface area (Å²) in [6.45, 7) is 1.38. The highest BCUT2D eigenvalue weighted by Gasteiger charge is 2.01. The van der Waals surface area contributed by atoms with Gasteiger partial charge >= 0.3 is 0 Å². The molecule has 14 heavy (non-hydrogen) atoms. The van der Waals surface area contributed by atoms with Gasteiger partial charge in [-0.1, -0.05) is 24.4 Å². The molecule has 3 nitrogen and oxygen atoms in total. The van der Waals surface area contributed by atoms with Crippen molar-refractivity contribution < 1.29 is 5.11 Å². The van der Waals surface area contributed by atoms with Gasteiger partial charge in [0.25, 0.3) is 0 Å². The predicted molar refractivity (Wildman–Crippen MR) is 61.2 cm³/mol. The standard InChI is InChI=1S/C10H14N2OS/c1-12(7-10(11)14)6-8-2-4-9(13)5-3-8/h2-5,13H,6-7H2,1H3,(H2,11,14). The molecule has 1 aromatic rings. The first-order valence-corrected chi connectivity index (χ1v) is 4.73. The Bertz CT molecular complexity index is 310. The summed E-state index contributed by atoms with van der Waals surface area (Å²) in [7, 11) is 1.95. The topological polar surface area (TPSA) is 49.5 Å². The lowest BCUT2D eigenvalue weighted by Gasteiger charge is -2.15. The molecule has 0 radical (unpaired) electrons. The molecule has 0 bridgehead atoms. The summed E-state index contributed by atoms with van der Waals surface area (Å²) in [5.41, 5.74) is 6.55. The van der Waals surface area contributed by atoms with Crippen LogP contribution in [0.25, 0.3) is 0 Å². The Morgan fingerprint density at radius 1 is 1.43 bits per heavy atom. The van der Waals surface area contributed by atoms with Crippen LogP contribution in [0.15, 0.2) is 24.3 Å². The Morgan fingerprint density at radius 3 is 2.50 bits per heavy atom. The molecule has 4 heteroatoms. The molecule has 0 fully saturated rings. The van der Waals surface area contributed by atoms with Gasteiger partial charge in [-0.05, 0) is 24.7 Å². The highest BCUT2D eigenvalue weighted by Crippen LogP contribution is 2.10. The number of phenolic OH excluding ortho intramolecular Hbond substituents is 1. The van der Waals surface area contributed by atoms with Gasteiger partial charge in [0.05, 0.1) is 4.99 Å². The first-order chi connectivity index (χ1) is 6.58. The van der Waals surface area contributed by atoms with E-state index in [9.17, 15) is 0 Å². The summed E-state index contributed by atoms with van der Waals surface area (Å²) in [6, 6.07) is 7.10. The van der Waals surface area contributed by atoms with E-state index in [-0.39, 0.29) is 5.75 Å². The van der Waals surface area contributed by atoms with Gasteiger partial charge in [-0.25, -0.2) is 0 Å². The van der Waals surface area contributed by atoms with E-state index in [1.165, 1.54) is 0 Å². The third-order valence-electron chi connectivity index (χ3n) is 1.81. The fraction of sp³-hybridized carbons (Fsp3) is 0.300. The Balaban J connectivity index is 2.51. The normalized spacial score (nSPS) is 10.4. The molecule has 0 atom stereocenters. The van der Waals surface area contributed by atoms with E-state index in [2.05, 4.69) is 0 Å². The Morgan fingerprint density at radius 2 is 2.00 bits per heavy atom. The van der Waals surface area contributed by atoms with Crippen molar-refractivity contribution in [1.82, 2.24) is 4.90 Å². The van der Waals surface area contributed by atoms with Crippen molar-refractivity contribution in [3.05, 3.63) is 29.8 Å². The maximum absolute atomic E-state index is 9.08. The zero-order valence-corrected chi connectivity index (χ0v) is 8.92. The van der Waals surface area contributed by atoms with E-state index in [1.807, 2.05) is 24.1 Å². The number of aromatic hydroxyl groups is 1. The third-order valence-corrected chi connectivity index (χ3v) is 1.94. The number of nitrogens with two attached hydrogens (primary N) is 1. The largest absolute Gasteiger partial charge is 0.508 e. The van der Waals surface area contributed by atoms with Gasteiger partial charge in [0.1, 0.15) is 5.75 Å². The number of hydrogen-bond donors (Lipinski definition) is 2. The predicted octanol–water partition coefficient (Wildman–Crippen LogP) is 1.11. The van der Waals surface area contributed by atoms with E-state index in [1.54, 1.807) is 12.1 Å². The lowest BCUT2D eigenvalue weighted by Crippen LogP contribution is -2.28. The molecule has 0 spiro atoms. The maximum Gasteiger partial charge on any atom is 0.115 e. The van der Waals surface area contributed by atoms with Gasteiger partial charge in [-0.3, -0.25) is 4.90 Å². The number of benzene rings is 1. The van der Waals surface area contributed by atoms with Gasteiger partial charge in [-0.15, -0.1) is 0 Å². The smallest absolute Gasteiger partial charge is 0.115 e. The van der Waals surface area contributed by atoms with Gasteiger partial charge in [0, 0.05) is 13.1 Å². The van der Waals surface area contributed by atoms with E-state index >= 15 is 0 Å². The Labute approximate surface area is 89.1 Å². The van der Waals surface area contributed by atoms with Crippen molar-refractivity contribution in [2.75, 3.05) is 13.6 Å². The van der Waals surface area contributed by atoms with Gasteiger partial charge in [-0.2, -0.15) is 0 Å². The minimum Gasteiger partial charge on any atom is -0.508 e. The van der Waals surface area contributed by atoms with E-state index in [4.69, 9.17) is 23.1 Å². The first-order valence-electron chi connectivity index (χ1n) is 4.32. The number of phenols is 1. The van der Waals surface area contributed by atoms with Gasteiger partial charge in [0.15, 0.2) is 0 Å². The van der Waals surface area contributed by atoms with E-state index in [0.717, 1.165) is 12.1 Å². The minimum atomic E-state index is 0.283. The van der Waals surface area contributed by atoms with Crippen LogP contribution in [0.3, 0.4) is 0 Å². The molecule has 3 N–H and O–H groups in total. The number of nitrogens with zero attached hydrogens (tertiary/aromatic N) is 1. The zero-order valence-electron chi connectivity index (χ0n) is 8.10. The number of likely N-dealkylation sites (N-methyl/N-ethyl adjacent to an activating group) is 1. The summed E-state index contributed by atoms with van der Waals surface area (Å²) < 4.78 is 0. The molecule has 0 aliphatic carbocycles. The van der Waals surface area contributed by atoms with Crippen LogP contribution in [-0.2, 0) is 6.54 Å². The van der Waals surface area contributed by atoms with Gasteiger partial charge in [0.2, 0.25) is 0 Å². The molecule has 0 saturated carbocycles. The molecule has 0 saturated heterocycles. The van der Waals surface area contributed by atoms with Crippen LogP contribution in [-0.4, -0.2) is 28.6 Å². The van der Waals surface area contributed by atoms with Crippen LogP contribution >= 0.6 is 12.2 Å². The van der Waals surface area contributed by atoms with Crippen LogP contribution in [0.5, 0.6) is 5.75 Å². The summed E-state index contributed by atoms with van der Waals surface area (Å²) in [4.78, 5) is 2.51. The van der Waals surface area contributed by atoms with Crippen LogP contribution < -0.4 is 5.73 Å². The Hall–Kier alpha value is -1.13. The highest BCUT2D eigenvalue weighted by molar-refractivity contribution is 7.80. The highest BCUT2D eigenvalue weighted by atomic mass is 32.1. The lowest BCUT2D eigenvalue weighted by atomic mass is 10.2. The van der Waals surface area contributed by atoms with Crippen molar-refractivity contribution in [3.63, 3.8) is 0 Å². The summed E-state index contributed by atoms with van der Waals surface area (Å²) in [5.74, 6) is 0.283. The molecular weight excluding hydrogens is 196 g/mol. The molecule has 1 rings (SSSR count). The van der Waals surface area contributed by atoms with Crippen LogP contribution in [0.2, 0.25) is 0 Å². The first kappa shape index (κ1) is 10.9. The second kappa shape index (κ2) is 4.93. The summed E-state index contributed by atoms with van der Waals surface area (Å²) >= 11 is 4.80. The fourth-order valence-electron chi connectivity index (χ4n) is 1.23. The second-order valence-electron chi connectivity index (χ2n) is 3.31. The zero-order chi connectivity index (χ0) is 10.6. The van der Waals surface area contributed by atoms with E-state index in [0.29, 0.717) is 11.5 Å². The number of hydrogen-bond acceptors (Lipinski definition) is 3. The van der Waals surface area contributed by atoms with Crippen molar-refractivity contribution in [2.45, 2.75) is 6.54 Å². The van der Waals surface area contributed by atoms with Crippen LogP contribution in [0.4, 0.5) is 0 Å². The molecule has 0 unspecified atom stereocenters. The molecule has 0 heterocycles. The number of rotatable bonds is 4. The molecule has 1 aromatic carbocycles. The molecular formula is C10H14N2OS. The Kier molecular flexibility index (Phi) is 3.85. The SMILES string of the molecule is CN(CC(N)=S)Cc1ccc(O)cc1. The average Bonchev–Trinajstić information content (AvgIpc) is 2.07. The monoisotopic (exact) mass is 210 g/mol. The second-order valence-corrected chi connectivity index (χ2v) is 3.83. The molecule has 0 amide bonds. The number of thiocarbonyl (C=S) groups is 1. The van der Waals surface area contributed by atoms with Crippen molar-refractivity contribution >= 4 is 17.2 Å². The van der Waals surface area contributed by atoms with Crippen LogP contribution in [0.1, 0.15) is 5.56 Å². The van der Waals surface area contributed by atoms with Crippen molar-refractivity contribution in [1.29, 1.82) is 0 Å². The molecule has 0 aliphatic heterocycles. The van der Waals surface area contributed by atoms with Gasteiger partial charge < -0.3 is 10.8 Å². The molecule has 0 aromatic heterocycles. The summed E-state index contributed by atoms with van der Waals surface area (Å²) in [5, 5.41) is 9.08. The quantitative estimate of drug-likeness (QED) is 0.731. The third kappa shape index (κ3) is 3.72. The van der Waals surface area contributed by atoms with E-state index < -0.39 is 0 Å². The fourth-order valence-corrected chi connectivity index (χ4v) is 1.46. The molecule has 76 valence electrons. The van der Waals surface area contributed by atoms with Crippen molar-refractivity contribution in [2.24, 2.45) is 5.73 Å². The average molecular weight is 210 g/mol. The van der Waals surface area contributed by atoms with Crippen molar-refractivity contribution in [3.8, 4) is 5.75 Å². The molecule has 0 aliphatic rings. The van der Waals surface area contributed by atoms with Crippen LogP contribution in [0, 0.1) is 0 Å².